The van der Waals surface area contributed by atoms with Gasteiger partial charge in [-0.05, 0) is 27.3 Å². The lowest BCUT2D eigenvalue weighted by Crippen LogP contribution is -2.51. The second-order valence-electron chi connectivity index (χ2n) is 6.55. The van der Waals surface area contributed by atoms with Crippen molar-refractivity contribution in [1.29, 1.82) is 0 Å². The Morgan fingerprint density at radius 1 is 1.22 bits per heavy atom. The first-order chi connectivity index (χ1) is 11.1. The van der Waals surface area contributed by atoms with Gasteiger partial charge in [-0.15, -0.1) is 0 Å². The van der Waals surface area contributed by atoms with Crippen LogP contribution >= 0.6 is 0 Å². The van der Waals surface area contributed by atoms with E-state index < -0.39 is 0 Å². The smallest absolute Gasteiger partial charge is 0.0644 e. The fourth-order valence-corrected chi connectivity index (χ4v) is 3.36. The number of aliphatic hydroxyl groups excluding tert-OH is 1. The van der Waals surface area contributed by atoms with E-state index in [0.29, 0.717) is 12.6 Å². The number of aliphatic hydroxyl groups is 1. The van der Waals surface area contributed by atoms with Crippen molar-refractivity contribution in [3.63, 3.8) is 0 Å². The summed E-state index contributed by atoms with van der Waals surface area (Å²) in [5.41, 5.74) is 3.49. The highest BCUT2D eigenvalue weighted by Crippen LogP contribution is 2.13. The lowest BCUT2D eigenvalue weighted by atomic mass is 10.2. The van der Waals surface area contributed by atoms with E-state index in [-0.39, 0.29) is 6.61 Å². The van der Waals surface area contributed by atoms with Crippen molar-refractivity contribution in [3.05, 3.63) is 17.0 Å². The van der Waals surface area contributed by atoms with E-state index in [2.05, 4.69) is 41.0 Å². The molecule has 0 radical (unpaired) electrons. The molecule has 1 aliphatic rings. The molecule has 0 bridgehead atoms. The van der Waals surface area contributed by atoms with Crippen molar-refractivity contribution in [2.45, 2.75) is 46.8 Å². The summed E-state index contributed by atoms with van der Waals surface area (Å²) in [5, 5.41) is 17.2. The van der Waals surface area contributed by atoms with Crippen LogP contribution in [-0.4, -0.2) is 76.6 Å². The maximum absolute atomic E-state index is 9.09. The quantitative estimate of drug-likeness (QED) is 0.734. The first kappa shape index (κ1) is 18.4. The zero-order valence-corrected chi connectivity index (χ0v) is 15.2. The van der Waals surface area contributed by atoms with Crippen LogP contribution in [0.5, 0.6) is 0 Å². The monoisotopic (exact) mass is 323 g/mol. The Labute approximate surface area is 140 Å². The molecule has 0 aromatic carbocycles. The molecule has 6 nitrogen and oxygen atoms in total. The second-order valence-corrected chi connectivity index (χ2v) is 6.55. The Morgan fingerprint density at radius 2 is 1.91 bits per heavy atom. The maximum Gasteiger partial charge on any atom is 0.0644 e. The Bertz CT molecular complexity index is 480. The minimum absolute atomic E-state index is 0.135. The van der Waals surface area contributed by atoms with Crippen LogP contribution in [0.1, 0.15) is 30.8 Å². The normalized spacial score (nSPS) is 18.5. The number of rotatable bonds is 8. The van der Waals surface area contributed by atoms with Crippen LogP contribution in [0.2, 0.25) is 0 Å². The topological polar surface area (TPSA) is 56.6 Å². The average molecular weight is 323 g/mol. The summed E-state index contributed by atoms with van der Waals surface area (Å²) in [5.74, 6) is 0. The molecule has 1 atom stereocenters. The van der Waals surface area contributed by atoms with Gasteiger partial charge in [-0.2, -0.15) is 5.10 Å². The van der Waals surface area contributed by atoms with Gasteiger partial charge in [-0.1, -0.05) is 6.92 Å². The van der Waals surface area contributed by atoms with Crippen molar-refractivity contribution in [1.82, 2.24) is 24.9 Å². The number of aromatic nitrogens is 2. The molecule has 1 unspecified atom stereocenters. The van der Waals surface area contributed by atoms with Gasteiger partial charge in [0, 0.05) is 56.6 Å². The molecule has 0 amide bonds. The molecule has 1 fully saturated rings. The fraction of sp³-hybridized carbons (Fsp3) is 0.824. The summed E-state index contributed by atoms with van der Waals surface area (Å²) < 4.78 is 1.90. The minimum Gasteiger partial charge on any atom is -0.394 e. The molecule has 1 aromatic rings. The molecule has 1 aliphatic heterocycles. The van der Waals surface area contributed by atoms with Gasteiger partial charge in [0.25, 0.3) is 0 Å². The third-order valence-corrected chi connectivity index (χ3v) is 5.06. The van der Waals surface area contributed by atoms with Gasteiger partial charge in [0.05, 0.1) is 18.8 Å². The van der Waals surface area contributed by atoms with Crippen molar-refractivity contribution in [2.75, 3.05) is 45.9 Å². The summed E-state index contributed by atoms with van der Waals surface area (Å²) >= 11 is 0. The van der Waals surface area contributed by atoms with E-state index in [0.717, 1.165) is 31.0 Å². The third kappa shape index (κ3) is 4.76. The Morgan fingerprint density at radius 3 is 2.52 bits per heavy atom. The van der Waals surface area contributed by atoms with Gasteiger partial charge in [-0.25, -0.2) is 0 Å². The van der Waals surface area contributed by atoms with E-state index in [1.807, 2.05) is 11.6 Å². The molecular formula is C17H33N5O. The average Bonchev–Trinajstić information content (AvgIpc) is 2.82. The summed E-state index contributed by atoms with van der Waals surface area (Å²) in [6.45, 7) is 17.1. The predicted molar refractivity (Wildman–Crippen MR) is 93.6 cm³/mol. The maximum atomic E-state index is 9.09. The van der Waals surface area contributed by atoms with Crippen LogP contribution in [-0.2, 0) is 13.1 Å². The van der Waals surface area contributed by atoms with Crippen molar-refractivity contribution in [3.8, 4) is 0 Å². The van der Waals surface area contributed by atoms with Gasteiger partial charge < -0.3 is 15.3 Å². The molecule has 2 N–H and O–H groups in total. The predicted octanol–water partition coefficient (Wildman–Crippen LogP) is 0.608. The molecule has 0 spiro atoms. The molecule has 1 saturated heterocycles. The highest BCUT2D eigenvalue weighted by molar-refractivity contribution is 5.24. The molecule has 132 valence electrons. The largest absolute Gasteiger partial charge is 0.394 e. The molecule has 2 rings (SSSR count). The number of hydrogen-bond donors (Lipinski definition) is 2. The van der Waals surface area contributed by atoms with E-state index in [9.17, 15) is 0 Å². The van der Waals surface area contributed by atoms with E-state index in [1.54, 1.807) is 0 Å². The SMILES string of the molecule is CCN1CCN(C(C)CNCc2c(C)nn(CCO)c2C)CC1. The number of nitrogens with one attached hydrogen (secondary N) is 1. The molecule has 23 heavy (non-hydrogen) atoms. The minimum atomic E-state index is 0.135. The summed E-state index contributed by atoms with van der Waals surface area (Å²) in [4.78, 5) is 5.09. The van der Waals surface area contributed by atoms with Crippen LogP contribution in [0.3, 0.4) is 0 Å². The zero-order valence-electron chi connectivity index (χ0n) is 15.2. The zero-order chi connectivity index (χ0) is 16.8. The van der Waals surface area contributed by atoms with Crippen LogP contribution in [0.15, 0.2) is 0 Å². The first-order valence-electron chi connectivity index (χ1n) is 8.87. The Hall–Kier alpha value is -0.950. The molecule has 1 aromatic heterocycles. The van der Waals surface area contributed by atoms with Gasteiger partial charge >= 0.3 is 0 Å². The molecule has 2 heterocycles. The van der Waals surface area contributed by atoms with Gasteiger partial charge in [0.15, 0.2) is 0 Å². The standard InChI is InChI=1S/C17H33N5O/c1-5-20-6-8-21(9-7-20)14(2)12-18-13-17-15(3)19-22(10-11-23)16(17)4/h14,18,23H,5-13H2,1-4H3. The van der Waals surface area contributed by atoms with Crippen molar-refractivity contribution in [2.24, 2.45) is 0 Å². The number of hydrogen-bond acceptors (Lipinski definition) is 5. The lowest BCUT2D eigenvalue weighted by Gasteiger charge is -2.37. The van der Waals surface area contributed by atoms with Gasteiger partial charge in [0.1, 0.15) is 0 Å². The summed E-state index contributed by atoms with van der Waals surface area (Å²) in [6, 6.07) is 0.558. The van der Waals surface area contributed by atoms with Gasteiger partial charge in [-0.3, -0.25) is 9.58 Å². The molecule has 0 saturated carbocycles. The van der Waals surface area contributed by atoms with Crippen LogP contribution in [0.25, 0.3) is 0 Å². The van der Waals surface area contributed by atoms with E-state index in [4.69, 9.17) is 5.11 Å². The fourth-order valence-electron chi connectivity index (χ4n) is 3.36. The van der Waals surface area contributed by atoms with Crippen molar-refractivity contribution < 1.29 is 5.11 Å². The van der Waals surface area contributed by atoms with E-state index >= 15 is 0 Å². The van der Waals surface area contributed by atoms with E-state index in [1.165, 1.54) is 31.7 Å². The first-order valence-corrected chi connectivity index (χ1v) is 8.87. The highest BCUT2D eigenvalue weighted by Gasteiger charge is 2.20. The molecule has 6 heteroatoms. The Kier molecular flexibility index (Phi) is 7.02. The van der Waals surface area contributed by atoms with Crippen LogP contribution in [0, 0.1) is 13.8 Å². The summed E-state index contributed by atoms with van der Waals surface area (Å²) in [6.07, 6.45) is 0. The number of nitrogens with zero attached hydrogens (tertiary/aromatic N) is 4. The number of aryl methyl sites for hydroxylation is 1. The number of piperazine rings is 1. The Balaban J connectivity index is 1.79. The lowest BCUT2D eigenvalue weighted by molar-refractivity contribution is 0.105. The number of likely N-dealkylation sites (N-methyl/N-ethyl adjacent to an activating group) is 1. The summed E-state index contributed by atoms with van der Waals surface area (Å²) in [7, 11) is 0. The van der Waals surface area contributed by atoms with Gasteiger partial charge in [0.2, 0.25) is 0 Å². The van der Waals surface area contributed by atoms with Crippen molar-refractivity contribution >= 4 is 0 Å². The van der Waals surface area contributed by atoms with Crippen LogP contribution < -0.4 is 5.32 Å². The van der Waals surface area contributed by atoms with Crippen LogP contribution in [0.4, 0.5) is 0 Å². The second kappa shape index (κ2) is 8.78. The molecule has 0 aliphatic carbocycles. The third-order valence-electron chi connectivity index (χ3n) is 5.06. The highest BCUT2D eigenvalue weighted by atomic mass is 16.3. The molecular weight excluding hydrogens is 290 g/mol.